The molecule has 1 saturated heterocycles. The lowest BCUT2D eigenvalue weighted by Gasteiger charge is -2.21. The van der Waals surface area contributed by atoms with E-state index in [2.05, 4.69) is 10.3 Å². The molecule has 1 aliphatic heterocycles. The second kappa shape index (κ2) is 6.30. The summed E-state index contributed by atoms with van der Waals surface area (Å²) >= 11 is 1.71. The van der Waals surface area contributed by atoms with Crippen LogP contribution < -0.4 is 5.32 Å². The van der Waals surface area contributed by atoms with Gasteiger partial charge in [0.25, 0.3) is 0 Å². The van der Waals surface area contributed by atoms with Gasteiger partial charge < -0.3 is 14.8 Å². The van der Waals surface area contributed by atoms with Crippen LogP contribution in [0.5, 0.6) is 0 Å². The van der Waals surface area contributed by atoms with Gasteiger partial charge in [0, 0.05) is 37.8 Å². The summed E-state index contributed by atoms with van der Waals surface area (Å²) in [5.74, 6) is 0.544. The molecule has 0 amide bonds. The third-order valence-corrected chi connectivity index (χ3v) is 3.68. The largest absolute Gasteiger partial charge is 0.383 e. The summed E-state index contributed by atoms with van der Waals surface area (Å²) in [5.41, 5.74) is 0. The first kappa shape index (κ1) is 12.0. The quantitative estimate of drug-likeness (QED) is 0.767. The highest BCUT2D eigenvalue weighted by Gasteiger charge is 2.28. The number of methoxy groups -OCH3 is 1. The maximum absolute atomic E-state index is 5.45. The lowest BCUT2D eigenvalue weighted by molar-refractivity contribution is 0.168. The Bertz CT molecular complexity index is 286. The van der Waals surface area contributed by atoms with E-state index in [1.165, 1.54) is 0 Å². The molecule has 1 N–H and O–H groups in total. The Kier molecular flexibility index (Phi) is 4.71. The molecule has 1 aromatic rings. The minimum atomic E-state index is 0.317. The van der Waals surface area contributed by atoms with E-state index in [0.717, 1.165) is 37.8 Å². The summed E-state index contributed by atoms with van der Waals surface area (Å²) in [4.78, 5) is 4.40. The fourth-order valence-electron chi connectivity index (χ4n) is 1.98. The van der Waals surface area contributed by atoms with Crippen molar-refractivity contribution in [2.24, 2.45) is 5.92 Å². The van der Waals surface area contributed by atoms with E-state index in [9.17, 15) is 0 Å². The second-order valence-corrected chi connectivity index (χ2v) is 4.84. The first-order valence-corrected chi connectivity index (χ1v) is 6.49. The van der Waals surface area contributed by atoms with E-state index in [0.29, 0.717) is 12.0 Å². The van der Waals surface area contributed by atoms with Crippen LogP contribution in [0, 0.1) is 5.92 Å². The molecule has 4 nitrogen and oxygen atoms in total. The Morgan fingerprint density at radius 2 is 2.69 bits per heavy atom. The minimum absolute atomic E-state index is 0.317. The van der Waals surface area contributed by atoms with Gasteiger partial charge in [0.2, 0.25) is 0 Å². The molecule has 2 unspecified atom stereocenters. The number of nitrogens with one attached hydrogen (secondary N) is 1. The van der Waals surface area contributed by atoms with Crippen LogP contribution >= 0.6 is 11.3 Å². The van der Waals surface area contributed by atoms with E-state index < -0.39 is 0 Å². The second-order valence-electron chi connectivity index (χ2n) is 3.92. The van der Waals surface area contributed by atoms with Gasteiger partial charge in [-0.2, -0.15) is 0 Å². The molecule has 2 heterocycles. The Morgan fingerprint density at radius 1 is 1.75 bits per heavy atom. The minimum Gasteiger partial charge on any atom is -0.383 e. The number of rotatable bonds is 6. The van der Waals surface area contributed by atoms with E-state index in [4.69, 9.17) is 9.47 Å². The van der Waals surface area contributed by atoms with Crippen LogP contribution in [0.15, 0.2) is 11.6 Å². The Hall–Kier alpha value is -0.490. The monoisotopic (exact) mass is 242 g/mol. The standard InChI is InChI=1S/C11H18N2O2S/c1-14-6-3-12-10(9-2-5-15-8-9)11-13-4-7-16-11/h4,7,9-10,12H,2-3,5-6,8H2,1H3. The zero-order chi connectivity index (χ0) is 11.2. The third kappa shape index (κ3) is 3.01. The van der Waals surface area contributed by atoms with Gasteiger partial charge in [-0.25, -0.2) is 4.98 Å². The first-order chi connectivity index (χ1) is 7.92. The van der Waals surface area contributed by atoms with Gasteiger partial charge in [0.05, 0.1) is 19.3 Å². The van der Waals surface area contributed by atoms with E-state index in [1.807, 2.05) is 11.6 Å². The van der Waals surface area contributed by atoms with Gasteiger partial charge in [-0.05, 0) is 6.42 Å². The predicted molar refractivity (Wildman–Crippen MR) is 63.7 cm³/mol. The summed E-state index contributed by atoms with van der Waals surface area (Å²) < 4.78 is 10.5. The normalized spacial score (nSPS) is 22.4. The van der Waals surface area contributed by atoms with Crippen molar-refractivity contribution < 1.29 is 9.47 Å². The summed E-state index contributed by atoms with van der Waals surface area (Å²) in [5, 5.41) is 6.69. The summed E-state index contributed by atoms with van der Waals surface area (Å²) in [6.45, 7) is 3.30. The van der Waals surface area contributed by atoms with Crippen molar-refractivity contribution in [2.45, 2.75) is 12.5 Å². The van der Waals surface area contributed by atoms with E-state index in [1.54, 1.807) is 18.4 Å². The van der Waals surface area contributed by atoms with Crippen LogP contribution in [-0.4, -0.2) is 38.5 Å². The zero-order valence-corrected chi connectivity index (χ0v) is 10.3. The molecular formula is C11H18N2O2S. The Morgan fingerprint density at radius 3 is 3.31 bits per heavy atom. The number of thiazole rings is 1. The summed E-state index contributed by atoms with van der Waals surface area (Å²) in [6.07, 6.45) is 2.98. The van der Waals surface area contributed by atoms with Crippen molar-refractivity contribution in [3.8, 4) is 0 Å². The molecule has 5 heteroatoms. The highest BCUT2D eigenvalue weighted by molar-refractivity contribution is 7.09. The number of hydrogen-bond acceptors (Lipinski definition) is 5. The van der Waals surface area contributed by atoms with Crippen molar-refractivity contribution in [1.82, 2.24) is 10.3 Å². The van der Waals surface area contributed by atoms with E-state index >= 15 is 0 Å². The maximum Gasteiger partial charge on any atom is 0.110 e. The molecule has 0 aromatic carbocycles. The van der Waals surface area contributed by atoms with Crippen LogP contribution in [0.25, 0.3) is 0 Å². The van der Waals surface area contributed by atoms with Crippen LogP contribution in [0.3, 0.4) is 0 Å². The Labute approximate surface area is 100.0 Å². The molecule has 16 heavy (non-hydrogen) atoms. The van der Waals surface area contributed by atoms with Crippen molar-refractivity contribution in [1.29, 1.82) is 0 Å². The number of nitrogens with zero attached hydrogens (tertiary/aromatic N) is 1. The topological polar surface area (TPSA) is 43.4 Å². The average Bonchev–Trinajstić information content (AvgIpc) is 2.97. The molecule has 1 aromatic heterocycles. The van der Waals surface area contributed by atoms with Gasteiger partial charge in [0.15, 0.2) is 0 Å². The predicted octanol–water partition coefficient (Wildman–Crippen LogP) is 1.46. The van der Waals surface area contributed by atoms with Gasteiger partial charge in [-0.3, -0.25) is 0 Å². The number of aromatic nitrogens is 1. The third-order valence-electron chi connectivity index (χ3n) is 2.82. The maximum atomic E-state index is 5.45. The molecule has 0 aliphatic carbocycles. The molecule has 1 fully saturated rings. The van der Waals surface area contributed by atoms with Crippen LogP contribution in [-0.2, 0) is 9.47 Å². The molecule has 0 radical (unpaired) electrons. The van der Waals surface area contributed by atoms with Gasteiger partial charge in [-0.1, -0.05) is 0 Å². The van der Waals surface area contributed by atoms with Gasteiger partial charge in [0.1, 0.15) is 5.01 Å². The molecular weight excluding hydrogens is 224 g/mol. The molecule has 0 spiro atoms. The molecule has 0 bridgehead atoms. The van der Waals surface area contributed by atoms with Crippen molar-refractivity contribution in [2.75, 3.05) is 33.5 Å². The SMILES string of the molecule is COCCNC(c1nccs1)C1CCOC1. The smallest absolute Gasteiger partial charge is 0.110 e. The highest BCUT2D eigenvalue weighted by atomic mass is 32.1. The lowest BCUT2D eigenvalue weighted by Crippen LogP contribution is -2.31. The lowest BCUT2D eigenvalue weighted by atomic mass is 9.99. The first-order valence-electron chi connectivity index (χ1n) is 5.61. The average molecular weight is 242 g/mol. The molecule has 2 atom stereocenters. The summed E-state index contributed by atoms with van der Waals surface area (Å²) in [7, 11) is 1.72. The van der Waals surface area contributed by atoms with E-state index in [-0.39, 0.29) is 0 Å². The van der Waals surface area contributed by atoms with Crippen molar-refractivity contribution in [3.05, 3.63) is 16.6 Å². The van der Waals surface area contributed by atoms with Gasteiger partial charge >= 0.3 is 0 Å². The highest BCUT2D eigenvalue weighted by Crippen LogP contribution is 2.29. The number of ether oxygens (including phenoxy) is 2. The van der Waals surface area contributed by atoms with Crippen LogP contribution in [0.2, 0.25) is 0 Å². The van der Waals surface area contributed by atoms with Crippen molar-refractivity contribution >= 4 is 11.3 Å². The number of hydrogen-bond donors (Lipinski definition) is 1. The van der Waals surface area contributed by atoms with Crippen LogP contribution in [0.1, 0.15) is 17.5 Å². The fourth-order valence-corrected chi connectivity index (χ4v) is 2.78. The molecule has 2 rings (SSSR count). The van der Waals surface area contributed by atoms with Gasteiger partial charge in [-0.15, -0.1) is 11.3 Å². The zero-order valence-electron chi connectivity index (χ0n) is 9.52. The van der Waals surface area contributed by atoms with Crippen molar-refractivity contribution in [3.63, 3.8) is 0 Å². The Balaban J connectivity index is 1.95. The summed E-state index contributed by atoms with van der Waals surface area (Å²) in [6, 6.07) is 0.317. The fraction of sp³-hybridized carbons (Fsp3) is 0.727. The molecule has 1 aliphatic rings. The molecule has 90 valence electrons. The molecule has 0 saturated carbocycles. The van der Waals surface area contributed by atoms with Crippen LogP contribution in [0.4, 0.5) is 0 Å².